The van der Waals surface area contributed by atoms with E-state index in [-0.39, 0.29) is 42.8 Å². The molecule has 2 heterocycles. The van der Waals surface area contributed by atoms with Crippen LogP contribution in [0, 0.1) is 5.92 Å². The Morgan fingerprint density at radius 1 is 0.976 bits per heavy atom. The number of benzene rings is 1. The van der Waals surface area contributed by atoms with Gasteiger partial charge in [-0.15, -0.1) is 0 Å². The summed E-state index contributed by atoms with van der Waals surface area (Å²) in [5.74, 6) is -1.12. The van der Waals surface area contributed by atoms with Gasteiger partial charge in [0.25, 0.3) is 5.91 Å². The number of hydrogen-bond donors (Lipinski definition) is 3. The van der Waals surface area contributed by atoms with Crippen LogP contribution in [0.2, 0.25) is 0 Å². The van der Waals surface area contributed by atoms with Crippen molar-refractivity contribution in [3.63, 3.8) is 0 Å². The maximum absolute atomic E-state index is 13.6. The fraction of sp³-hybridized carbons (Fsp3) is 0.567. The minimum atomic E-state index is -1.01. The van der Waals surface area contributed by atoms with Crippen molar-refractivity contribution >= 4 is 23.5 Å². The lowest BCUT2D eigenvalue weighted by Crippen LogP contribution is -2.57. The van der Waals surface area contributed by atoms with Crippen LogP contribution in [0.4, 0.5) is 0 Å². The summed E-state index contributed by atoms with van der Waals surface area (Å²) in [6.45, 7) is 9.96. The fourth-order valence-electron chi connectivity index (χ4n) is 4.33. The molecule has 1 aromatic heterocycles. The Hall–Kier alpha value is -3.57. The molecule has 1 aromatic carbocycles. The normalized spacial score (nSPS) is 18.4. The molecule has 0 unspecified atom stereocenters. The van der Waals surface area contributed by atoms with Crippen LogP contribution >= 0.6 is 0 Å². The van der Waals surface area contributed by atoms with Crippen LogP contribution in [-0.2, 0) is 30.3 Å². The summed E-state index contributed by atoms with van der Waals surface area (Å²) in [6.07, 6.45) is 0.769. The van der Waals surface area contributed by atoms with E-state index in [0.717, 1.165) is 5.56 Å². The third-order valence-corrected chi connectivity index (χ3v) is 6.92. The molecule has 1 aliphatic heterocycles. The van der Waals surface area contributed by atoms with Gasteiger partial charge >= 0.3 is 0 Å². The van der Waals surface area contributed by atoms with Crippen LogP contribution in [0.15, 0.2) is 40.9 Å². The zero-order chi connectivity index (χ0) is 30.2. The highest BCUT2D eigenvalue weighted by atomic mass is 16.6. The first-order valence-electron chi connectivity index (χ1n) is 14.0. The molecule has 11 nitrogen and oxygen atoms in total. The molecular formula is C30H42N4O7. The molecule has 3 amide bonds. The van der Waals surface area contributed by atoms with Crippen molar-refractivity contribution in [3.8, 4) is 0 Å². The zero-order valence-corrected chi connectivity index (χ0v) is 24.7. The number of hydrogen-bond acceptors (Lipinski definition) is 8. The van der Waals surface area contributed by atoms with E-state index in [4.69, 9.17) is 14.0 Å². The molecule has 0 aliphatic carbocycles. The number of carbonyl (C=O) groups excluding carboxylic acids is 4. The van der Waals surface area contributed by atoms with Gasteiger partial charge in [0.2, 0.25) is 11.8 Å². The van der Waals surface area contributed by atoms with Gasteiger partial charge in [-0.25, -0.2) is 0 Å². The van der Waals surface area contributed by atoms with Crippen LogP contribution < -0.4 is 16.0 Å². The largest absolute Gasteiger partial charge is 0.385 e. The Labute approximate surface area is 241 Å². The summed E-state index contributed by atoms with van der Waals surface area (Å²) in [4.78, 5) is 53.2. The number of amides is 3. The molecule has 11 heteroatoms. The van der Waals surface area contributed by atoms with E-state index < -0.39 is 41.4 Å². The maximum atomic E-state index is 13.6. The van der Waals surface area contributed by atoms with Crippen molar-refractivity contribution in [2.75, 3.05) is 20.3 Å². The minimum Gasteiger partial charge on any atom is -0.385 e. The van der Waals surface area contributed by atoms with Crippen LogP contribution in [0.5, 0.6) is 0 Å². The van der Waals surface area contributed by atoms with Gasteiger partial charge in [0.15, 0.2) is 11.5 Å². The maximum Gasteiger partial charge on any atom is 0.274 e. The Kier molecular flexibility index (Phi) is 11.2. The van der Waals surface area contributed by atoms with Gasteiger partial charge in [0.05, 0.1) is 12.6 Å². The summed E-state index contributed by atoms with van der Waals surface area (Å²) >= 11 is 0. The standard InChI is InChI=1S/C30H42N4O7/c1-18(2)14-22(26(35)30(5)17-40-30)32-28(37)23(15-20-10-8-7-9-11-20)33-27(36)21(12-13-39-6)31-29(38)24-16-25(19(3)4)41-34-24/h7-11,16,18-19,21-23H,12-15,17H2,1-6H3,(H,31,38)(H,32,37)(H,33,36)/t21-,22-,23-,30-/m0/s1. The first kappa shape index (κ1) is 32.0. The molecule has 1 aliphatic rings. The average molecular weight is 571 g/mol. The van der Waals surface area contributed by atoms with Crippen LogP contribution in [-0.4, -0.2) is 72.7 Å². The molecule has 3 N–H and O–H groups in total. The highest BCUT2D eigenvalue weighted by Gasteiger charge is 2.50. The second-order valence-electron chi connectivity index (χ2n) is 11.4. The molecule has 2 aromatic rings. The van der Waals surface area contributed by atoms with Gasteiger partial charge in [-0.2, -0.15) is 0 Å². The van der Waals surface area contributed by atoms with Crippen LogP contribution in [0.1, 0.15) is 75.2 Å². The summed E-state index contributed by atoms with van der Waals surface area (Å²) in [5.41, 5.74) is -0.0383. The number of Topliss-reactive ketones (excluding diaryl/α,β-unsaturated/α-hetero) is 1. The number of carbonyl (C=O) groups is 4. The first-order chi connectivity index (χ1) is 19.4. The number of rotatable bonds is 16. The van der Waals surface area contributed by atoms with E-state index in [2.05, 4.69) is 21.1 Å². The van der Waals surface area contributed by atoms with Gasteiger partial charge < -0.3 is 29.9 Å². The summed E-state index contributed by atoms with van der Waals surface area (Å²) in [7, 11) is 1.49. The fourth-order valence-corrected chi connectivity index (χ4v) is 4.33. The van der Waals surface area contributed by atoms with Gasteiger partial charge in [-0.1, -0.05) is 63.2 Å². The molecule has 0 radical (unpaired) electrons. The van der Waals surface area contributed by atoms with E-state index in [9.17, 15) is 19.2 Å². The predicted octanol–water partition coefficient (Wildman–Crippen LogP) is 2.55. The number of methoxy groups -OCH3 is 1. The minimum absolute atomic E-state index is 0.0364. The molecule has 0 bridgehead atoms. The number of nitrogens with one attached hydrogen (secondary N) is 3. The third kappa shape index (κ3) is 9.22. The summed E-state index contributed by atoms with van der Waals surface area (Å²) < 4.78 is 15.7. The Bertz CT molecular complexity index is 1190. The van der Waals surface area contributed by atoms with Gasteiger partial charge in [0, 0.05) is 32.1 Å². The lowest BCUT2D eigenvalue weighted by atomic mass is 9.93. The third-order valence-electron chi connectivity index (χ3n) is 6.92. The van der Waals surface area contributed by atoms with E-state index in [1.807, 2.05) is 58.0 Å². The smallest absolute Gasteiger partial charge is 0.274 e. The van der Waals surface area contributed by atoms with Crippen LogP contribution in [0.3, 0.4) is 0 Å². The number of aromatic nitrogens is 1. The second kappa shape index (κ2) is 14.4. The lowest BCUT2D eigenvalue weighted by molar-refractivity contribution is -0.133. The number of epoxide rings is 1. The van der Waals surface area contributed by atoms with Gasteiger partial charge in [0.1, 0.15) is 23.4 Å². The van der Waals surface area contributed by atoms with Crippen molar-refractivity contribution < 1.29 is 33.2 Å². The molecule has 3 rings (SSSR count). The van der Waals surface area contributed by atoms with E-state index in [0.29, 0.717) is 18.8 Å². The van der Waals surface area contributed by atoms with Crippen molar-refractivity contribution in [1.29, 1.82) is 0 Å². The van der Waals surface area contributed by atoms with Crippen LogP contribution in [0.25, 0.3) is 0 Å². The van der Waals surface area contributed by atoms with Gasteiger partial charge in [-0.3, -0.25) is 19.2 Å². The van der Waals surface area contributed by atoms with Gasteiger partial charge in [-0.05, 0) is 31.2 Å². The Morgan fingerprint density at radius 2 is 1.61 bits per heavy atom. The highest BCUT2D eigenvalue weighted by Crippen LogP contribution is 2.29. The van der Waals surface area contributed by atoms with Crippen molar-refractivity contribution in [3.05, 3.63) is 53.4 Å². The Balaban J connectivity index is 1.79. The number of nitrogens with zero attached hydrogens (tertiary/aromatic N) is 1. The van der Waals surface area contributed by atoms with Crippen molar-refractivity contribution in [1.82, 2.24) is 21.1 Å². The number of ketones is 1. The summed E-state index contributed by atoms with van der Waals surface area (Å²) in [5, 5.41) is 12.2. The molecular weight excluding hydrogens is 528 g/mol. The first-order valence-corrected chi connectivity index (χ1v) is 14.0. The SMILES string of the molecule is COCC[C@H](NC(=O)c1cc(C(C)C)on1)C(=O)N[C@@H](Cc1ccccc1)C(=O)N[C@@H](CC(C)C)C(=O)[C@]1(C)CO1. The molecule has 1 saturated heterocycles. The topological polar surface area (TPSA) is 152 Å². The lowest BCUT2D eigenvalue weighted by Gasteiger charge is -2.26. The average Bonchev–Trinajstić information content (AvgIpc) is 3.48. The molecule has 1 fully saturated rings. The predicted molar refractivity (Wildman–Crippen MR) is 151 cm³/mol. The quantitative estimate of drug-likeness (QED) is 0.261. The zero-order valence-electron chi connectivity index (χ0n) is 24.7. The molecule has 224 valence electrons. The van der Waals surface area contributed by atoms with E-state index in [1.54, 1.807) is 6.92 Å². The van der Waals surface area contributed by atoms with E-state index >= 15 is 0 Å². The van der Waals surface area contributed by atoms with Crippen molar-refractivity contribution in [2.45, 2.75) is 83.5 Å². The Morgan fingerprint density at radius 3 is 2.17 bits per heavy atom. The van der Waals surface area contributed by atoms with E-state index in [1.165, 1.54) is 13.2 Å². The molecule has 4 atom stereocenters. The molecule has 0 saturated carbocycles. The second-order valence-corrected chi connectivity index (χ2v) is 11.4. The molecule has 0 spiro atoms. The summed E-state index contributed by atoms with van der Waals surface area (Å²) in [6, 6.07) is 7.98. The highest BCUT2D eigenvalue weighted by molar-refractivity contribution is 5.99. The van der Waals surface area contributed by atoms with Crippen molar-refractivity contribution in [2.24, 2.45) is 5.92 Å². The molecule has 41 heavy (non-hydrogen) atoms. The monoisotopic (exact) mass is 570 g/mol. The number of ether oxygens (including phenoxy) is 2.